The quantitative estimate of drug-likeness (QED) is 0.757. The van der Waals surface area contributed by atoms with E-state index in [0.717, 1.165) is 25.2 Å². The Balaban J connectivity index is 0.000000172. The maximum atomic E-state index is 10.4. The Kier molecular flexibility index (Phi) is 6.15. The number of carbonyl (C=O) groups is 1. The maximum absolute atomic E-state index is 10.4. The third kappa shape index (κ3) is 4.89. The minimum Gasteiger partial charge on any atom is -0.493 e. The highest BCUT2D eigenvalue weighted by atomic mass is 16.5. The molecule has 0 saturated carbocycles. The third-order valence-corrected chi connectivity index (χ3v) is 2.36. The highest BCUT2D eigenvalue weighted by Crippen LogP contribution is 2.23. The zero-order valence-corrected chi connectivity index (χ0v) is 10.6. The van der Waals surface area contributed by atoms with Crippen LogP contribution in [0.15, 0.2) is 24.3 Å². The molecular formula is C14H20O3. The van der Waals surface area contributed by atoms with E-state index in [9.17, 15) is 4.79 Å². The molecule has 0 unspecified atom stereocenters. The van der Waals surface area contributed by atoms with Crippen molar-refractivity contribution in [3.63, 3.8) is 0 Å². The lowest BCUT2D eigenvalue weighted by molar-refractivity contribution is -0.143. The van der Waals surface area contributed by atoms with E-state index in [4.69, 9.17) is 4.74 Å². The first-order valence-electron chi connectivity index (χ1n) is 6.14. The molecule has 94 valence electrons. The van der Waals surface area contributed by atoms with Crippen molar-refractivity contribution in [2.24, 2.45) is 0 Å². The van der Waals surface area contributed by atoms with Crippen molar-refractivity contribution in [3.8, 4) is 5.75 Å². The number of ether oxygens (including phenoxy) is 2. The molecule has 0 radical (unpaired) electrons. The summed E-state index contributed by atoms with van der Waals surface area (Å²) >= 11 is 0. The molecule has 1 heterocycles. The van der Waals surface area contributed by atoms with E-state index in [1.807, 2.05) is 32.0 Å². The molecule has 1 aliphatic heterocycles. The smallest absolute Gasteiger partial charge is 0.305 e. The van der Waals surface area contributed by atoms with Crippen LogP contribution in [0.25, 0.3) is 0 Å². The number of hydrogen-bond acceptors (Lipinski definition) is 3. The molecule has 0 N–H and O–H groups in total. The van der Waals surface area contributed by atoms with Gasteiger partial charge in [0.15, 0.2) is 0 Å². The number of hydrogen-bond donors (Lipinski definition) is 0. The summed E-state index contributed by atoms with van der Waals surface area (Å²) in [5.74, 6) is 0.979. The van der Waals surface area contributed by atoms with E-state index >= 15 is 0 Å². The Hall–Kier alpha value is -1.51. The van der Waals surface area contributed by atoms with Crippen molar-refractivity contribution in [2.75, 3.05) is 13.2 Å². The van der Waals surface area contributed by atoms with Crippen molar-refractivity contribution in [1.29, 1.82) is 0 Å². The molecule has 1 aliphatic rings. The maximum Gasteiger partial charge on any atom is 0.305 e. The molecule has 0 atom stereocenters. The van der Waals surface area contributed by atoms with Crippen LogP contribution in [0.2, 0.25) is 0 Å². The van der Waals surface area contributed by atoms with Crippen molar-refractivity contribution < 1.29 is 14.3 Å². The summed E-state index contributed by atoms with van der Waals surface area (Å²) in [6, 6.07) is 8.18. The molecular weight excluding hydrogens is 216 g/mol. The molecule has 1 aromatic rings. The standard InChI is InChI=1S/C8H8O.C6H12O2/c1-2-4-8-7(3-1)5-6-9-8;1-3-5-6(7)8-4-2/h1-4H,5-6H2;3-5H2,1-2H3. The van der Waals surface area contributed by atoms with Crippen LogP contribution < -0.4 is 4.74 Å². The van der Waals surface area contributed by atoms with Crippen LogP contribution in [0, 0.1) is 0 Å². The van der Waals surface area contributed by atoms with Gasteiger partial charge in [-0.15, -0.1) is 0 Å². The molecule has 0 amide bonds. The fraction of sp³-hybridized carbons (Fsp3) is 0.500. The predicted molar refractivity (Wildman–Crippen MR) is 67.2 cm³/mol. The minimum absolute atomic E-state index is 0.0880. The Morgan fingerprint density at radius 3 is 2.76 bits per heavy atom. The molecule has 0 aliphatic carbocycles. The van der Waals surface area contributed by atoms with Gasteiger partial charge in [0.05, 0.1) is 13.2 Å². The van der Waals surface area contributed by atoms with Gasteiger partial charge in [0.2, 0.25) is 0 Å². The van der Waals surface area contributed by atoms with Gasteiger partial charge in [-0.3, -0.25) is 4.79 Å². The largest absolute Gasteiger partial charge is 0.493 e. The number of para-hydroxylation sites is 1. The number of fused-ring (bicyclic) bond motifs is 1. The molecule has 3 heteroatoms. The minimum atomic E-state index is -0.0880. The van der Waals surface area contributed by atoms with Gasteiger partial charge < -0.3 is 9.47 Å². The zero-order chi connectivity index (χ0) is 12.5. The lowest BCUT2D eigenvalue weighted by Crippen LogP contribution is -2.01. The van der Waals surface area contributed by atoms with E-state index in [2.05, 4.69) is 10.8 Å². The molecule has 0 spiro atoms. The lowest BCUT2D eigenvalue weighted by atomic mass is 10.2. The number of carbonyl (C=O) groups excluding carboxylic acids is 1. The Morgan fingerprint density at radius 2 is 2.12 bits per heavy atom. The van der Waals surface area contributed by atoms with Gasteiger partial charge in [-0.2, -0.15) is 0 Å². The summed E-state index contributed by atoms with van der Waals surface area (Å²) in [7, 11) is 0. The number of benzene rings is 1. The van der Waals surface area contributed by atoms with Crippen molar-refractivity contribution in [3.05, 3.63) is 29.8 Å². The SMILES string of the molecule is CCCC(=O)OCC.c1ccc2c(c1)CCO2. The summed E-state index contributed by atoms with van der Waals surface area (Å²) in [6.45, 7) is 5.13. The second-order valence-corrected chi connectivity index (χ2v) is 3.76. The van der Waals surface area contributed by atoms with Crippen LogP contribution in [0.1, 0.15) is 32.3 Å². The Morgan fingerprint density at radius 1 is 1.35 bits per heavy atom. The van der Waals surface area contributed by atoms with Crippen LogP contribution in [-0.4, -0.2) is 19.2 Å². The van der Waals surface area contributed by atoms with Crippen LogP contribution >= 0.6 is 0 Å². The monoisotopic (exact) mass is 236 g/mol. The van der Waals surface area contributed by atoms with Crippen LogP contribution in [0.4, 0.5) is 0 Å². The number of esters is 1. The topological polar surface area (TPSA) is 35.5 Å². The van der Waals surface area contributed by atoms with Gasteiger partial charge in [0, 0.05) is 12.8 Å². The molecule has 0 aromatic heterocycles. The molecule has 0 saturated heterocycles. The van der Waals surface area contributed by atoms with Crippen LogP contribution in [0.3, 0.4) is 0 Å². The Labute approximate surface area is 103 Å². The molecule has 3 nitrogen and oxygen atoms in total. The fourth-order valence-corrected chi connectivity index (χ4v) is 1.56. The van der Waals surface area contributed by atoms with E-state index in [0.29, 0.717) is 13.0 Å². The average Bonchev–Trinajstić information content (AvgIpc) is 2.78. The van der Waals surface area contributed by atoms with Crippen molar-refractivity contribution >= 4 is 5.97 Å². The molecule has 2 rings (SSSR count). The van der Waals surface area contributed by atoms with Gasteiger partial charge in [-0.1, -0.05) is 25.1 Å². The van der Waals surface area contributed by atoms with E-state index in [-0.39, 0.29) is 5.97 Å². The summed E-state index contributed by atoms with van der Waals surface area (Å²) in [5, 5.41) is 0. The van der Waals surface area contributed by atoms with Gasteiger partial charge in [0.1, 0.15) is 5.75 Å². The van der Waals surface area contributed by atoms with Gasteiger partial charge >= 0.3 is 5.97 Å². The first-order valence-corrected chi connectivity index (χ1v) is 6.14. The molecule has 0 fully saturated rings. The lowest BCUT2D eigenvalue weighted by Gasteiger charge is -1.96. The second-order valence-electron chi connectivity index (χ2n) is 3.76. The summed E-state index contributed by atoms with van der Waals surface area (Å²) in [4.78, 5) is 10.4. The van der Waals surface area contributed by atoms with E-state index in [1.165, 1.54) is 5.56 Å². The molecule has 0 bridgehead atoms. The second kappa shape index (κ2) is 7.71. The molecule has 17 heavy (non-hydrogen) atoms. The third-order valence-electron chi connectivity index (χ3n) is 2.36. The predicted octanol–water partition coefficient (Wildman–Crippen LogP) is 2.97. The zero-order valence-electron chi connectivity index (χ0n) is 10.6. The summed E-state index contributed by atoms with van der Waals surface area (Å²) < 4.78 is 9.94. The van der Waals surface area contributed by atoms with Crippen molar-refractivity contribution in [2.45, 2.75) is 33.1 Å². The fourth-order valence-electron chi connectivity index (χ4n) is 1.56. The normalized spacial score (nSPS) is 11.9. The van der Waals surface area contributed by atoms with Gasteiger partial charge in [-0.25, -0.2) is 0 Å². The summed E-state index contributed by atoms with van der Waals surface area (Å²) in [5.41, 5.74) is 1.34. The molecule has 1 aromatic carbocycles. The average molecular weight is 236 g/mol. The highest BCUT2D eigenvalue weighted by molar-refractivity contribution is 5.69. The first kappa shape index (κ1) is 13.6. The highest BCUT2D eigenvalue weighted by Gasteiger charge is 2.08. The van der Waals surface area contributed by atoms with Crippen molar-refractivity contribution in [1.82, 2.24) is 0 Å². The van der Waals surface area contributed by atoms with Crippen LogP contribution in [-0.2, 0) is 16.0 Å². The first-order chi connectivity index (χ1) is 8.27. The summed E-state index contributed by atoms with van der Waals surface area (Å²) in [6.07, 6.45) is 2.50. The van der Waals surface area contributed by atoms with E-state index < -0.39 is 0 Å². The van der Waals surface area contributed by atoms with Gasteiger partial charge in [-0.05, 0) is 25.0 Å². The Bertz CT molecular complexity index is 316. The van der Waals surface area contributed by atoms with Gasteiger partial charge in [0.25, 0.3) is 0 Å². The van der Waals surface area contributed by atoms with Crippen LogP contribution in [0.5, 0.6) is 5.75 Å². The van der Waals surface area contributed by atoms with E-state index in [1.54, 1.807) is 0 Å². The number of rotatable bonds is 3.